The van der Waals surface area contributed by atoms with Crippen LogP contribution in [0.4, 0.5) is 5.69 Å². The quantitative estimate of drug-likeness (QED) is 0.451. The molecule has 1 aromatic heterocycles. The second-order valence-electron chi connectivity index (χ2n) is 7.72. The Labute approximate surface area is 180 Å². The normalized spacial score (nSPS) is 19.0. The van der Waals surface area contributed by atoms with Crippen molar-refractivity contribution in [1.82, 2.24) is 4.98 Å². The van der Waals surface area contributed by atoms with Crippen molar-refractivity contribution >= 4 is 34.9 Å². The number of rotatable bonds is 7. The van der Waals surface area contributed by atoms with Gasteiger partial charge in [0.15, 0.2) is 4.34 Å². The minimum absolute atomic E-state index is 0.213. The molecule has 0 bridgehead atoms. The van der Waals surface area contributed by atoms with E-state index in [1.54, 1.807) is 23.3 Å². The molecule has 5 nitrogen and oxygen atoms in total. The van der Waals surface area contributed by atoms with E-state index in [-0.39, 0.29) is 11.8 Å². The standard InChI is InChI=1S/C22H28N2O3S2/c1-13-9-19(24(5)29-22-23-16(4)12-28-22)20(10-14(13)2)27-11-18-7-6-17(21(25)26)8-15(18)3/h7,9-10,12,15,17H,6,8,11H2,1-5H3,(H,25,26). The van der Waals surface area contributed by atoms with E-state index in [0.29, 0.717) is 19.4 Å². The van der Waals surface area contributed by atoms with Gasteiger partial charge in [0.1, 0.15) is 12.4 Å². The van der Waals surface area contributed by atoms with Crippen LogP contribution in [0.15, 0.2) is 33.5 Å². The number of nitrogens with zero attached hydrogens (tertiary/aromatic N) is 2. The van der Waals surface area contributed by atoms with Crippen LogP contribution >= 0.6 is 23.3 Å². The van der Waals surface area contributed by atoms with Gasteiger partial charge in [0, 0.05) is 30.1 Å². The predicted octanol–water partition coefficient (Wildman–Crippen LogP) is 5.65. The molecule has 2 atom stereocenters. The number of thiazole rings is 1. The summed E-state index contributed by atoms with van der Waals surface area (Å²) in [6.45, 7) is 8.76. The molecule has 156 valence electrons. The Hall–Kier alpha value is -1.99. The van der Waals surface area contributed by atoms with Gasteiger partial charge in [-0.15, -0.1) is 11.3 Å². The molecule has 0 amide bonds. The van der Waals surface area contributed by atoms with Crippen molar-refractivity contribution in [3.05, 3.63) is 46.0 Å². The summed E-state index contributed by atoms with van der Waals surface area (Å²) in [5, 5.41) is 11.3. The minimum Gasteiger partial charge on any atom is -0.487 e. The van der Waals surface area contributed by atoms with Gasteiger partial charge in [-0.3, -0.25) is 4.79 Å². The van der Waals surface area contributed by atoms with Crippen molar-refractivity contribution in [2.24, 2.45) is 11.8 Å². The lowest BCUT2D eigenvalue weighted by Crippen LogP contribution is -2.23. The van der Waals surface area contributed by atoms with Gasteiger partial charge in [-0.25, -0.2) is 4.98 Å². The fourth-order valence-electron chi connectivity index (χ4n) is 3.41. The first kappa shape index (κ1) is 21.7. The molecule has 1 aliphatic carbocycles. The van der Waals surface area contributed by atoms with Crippen molar-refractivity contribution in [3.8, 4) is 5.75 Å². The van der Waals surface area contributed by atoms with Crippen molar-refractivity contribution in [2.45, 2.75) is 44.9 Å². The number of anilines is 1. The number of aromatic nitrogens is 1. The highest BCUT2D eigenvalue weighted by Gasteiger charge is 2.26. The van der Waals surface area contributed by atoms with Crippen LogP contribution in [0.1, 0.15) is 36.6 Å². The monoisotopic (exact) mass is 432 g/mol. The van der Waals surface area contributed by atoms with Crippen LogP contribution in [0.2, 0.25) is 0 Å². The van der Waals surface area contributed by atoms with E-state index >= 15 is 0 Å². The van der Waals surface area contributed by atoms with Gasteiger partial charge in [-0.05, 0) is 68.4 Å². The van der Waals surface area contributed by atoms with Gasteiger partial charge < -0.3 is 14.1 Å². The van der Waals surface area contributed by atoms with E-state index in [1.807, 2.05) is 20.0 Å². The van der Waals surface area contributed by atoms with Crippen LogP contribution in [0, 0.1) is 32.6 Å². The lowest BCUT2D eigenvalue weighted by atomic mass is 9.82. The fraction of sp³-hybridized carbons (Fsp3) is 0.455. The fourth-order valence-corrected chi connectivity index (χ4v) is 5.24. The van der Waals surface area contributed by atoms with Gasteiger partial charge in [-0.1, -0.05) is 13.0 Å². The summed E-state index contributed by atoms with van der Waals surface area (Å²) in [5.74, 6) is 0.0610. The SMILES string of the molecule is Cc1csc(SN(C)c2cc(C)c(C)cc2OCC2=CCC(C(=O)O)CC2C)n1. The molecule has 0 spiro atoms. The molecule has 0 saturated carbocycles. The summed E-state index contributed by atoms with van der Waals surface area (Å²) < 4.78 is 9.35. The van der Waals surface area contributed by atoms with E-state index in [2.05, 4.69) is 47.6 Å². The first-order chi connectivity index (χ1) is 13.7. The van der Waals surface area contributed by atoms with Gasteiger partial charge in [0.2, 0.25) is 0 Å². The van der Waals surface area contributed by atoms with Crippen molar-refractivity contribution in [2.75, 3.05) is 18.0 Å². The smallest absolute Gasteiger partial charge is 0.306 e. The third-order valence-electron chi connectivity index (χ3n) is 5.41. The van der Waals surface area contributed by atoms with Crippen molar-refractivity contribution in [3.63, 3.8) is 0 Å². The number of hydrogen-bond acceptors (Lipinski definition) is 6. The third-order valence-corrected chi connectivity index (χ3v) is 7.39. The lowest BCUT2D eigenvalue weighted by Gasteiger charge is -2.26. The van der Waals surface area contributed by atoms with E-state index in [1.165, 1.54) is 16.7 Å². The third kappa shape index (κ3) is 5.34. The molecular weight excluding hydrogens is 404 g/mol. The summed E-state index contributed by atoms with van der Waals surface area (Å²) in [5.41, 5.74) is 5.62. The number of carbonyl (C=O) groups is 1. The molecule has 1 aliphatic rings. The van der Waals surface area contributed by atoms with Crippen LogP contribution in [-0.4, -0.2) is 29.7 Å². The van der Waals surface area contributed by atoms with Crippen LogP contribution in [-0.2, 0) is 4.79 Å². The van der Waals surface area contributed by atoms with Crippen molar-refractivity contribution in [1.29, 1.82) is 0 Å². The minimum atomic E-state index is -0.708. The second-order valence-corrected chi connectivity index (χ2v) is 9.96. The van der Waals surface area contributed by atoms with Gasteiger partial charge in [0.05, 0.1) is 11.6 Å². The number of allylic oxidation sites excluding steroid dienone is 1. The van der Waals surface area contributed by atoms with Crippen molar-refractivity contribution < 1.29 is 14.6 Å². The molecular formula is C22H28N2O3S2. The topological polar surface area (TPSA) is 62.7 Å². The van der Waals surface area contributed by atoms with Crippen LogP contribution in [0.3, 0.4) is 0 Å². The molecule has 1 N–H and O–H groups in total. The highest BCUT2D eigenvalue weighted by atomic mass is 32.2. The molecule has 1 heterocycles. The Bertz CT molecular complexity index is 923. The molecule has 0 radical (unpaired) electrons. The Kier molecular flexibility index (Phi) is 6.90. The Balaban J connectivity index is 1.76. The maximum Gasteiger partial charge on any atom is 0.306 e. The molecule has 2 aromatic rings. The molecule has 0 fully saturated rings. The summed E-state index contributed by atoms with van der Waals surface area (Å²) in [6.07, 6.45) is 3.30. The van der Waals surface area contributed by atoms with E-state index in [9.17, 15) is 9.90 Å². The Morgan fingerprint density at radius 1 is 1.34 bits per heavy atom. The zero-order valence-electron chi connectivity index (χ0n) is 17.6. The number of aliphatic carboxylic acids is 1. The molecule has 29 heavy (non-hydrogen) atoms. The van der Waals surface area contributed by atoms with Gasteiger partial charge in [0.25, 0.3) is 0 Å². The number of hydrogen-bond donors (Lipinski definition) is 1. The summed E-state index contributed by atoms with van der Waals surface area (Å²) in [4.78, 5) is 15.8. The van der Waals surface area contributed by atoms with E-state index < -0.39 is 5.97 Å². The predicted molar refractivity (Wildman–Crippen MR) is 120 cm³/mol. The maximum absolute atomic E-state index is 11.3. The molecule has 1 aromatic carbocycles. The number of aryl methyl sites for hydroxylation is 3. The zero-order valence-corrected chi connectivity index (χ0v) is 19.2. The van der Waals surface area contributed by atoms with E-state index in [0.717, 1.165) is 21.5 Å². The Morgan fingerprint density at radius 3 is 2.69 bits per heavy atom. The Morgan fingerprint density at radius 2 is 2.07 bits per heavy atom. The molecule has 0 aliphatic heterocycles. The summed E-state index contributed by atoms with van der Waals surface area (Å²) in [7, 11) is 2.03. The largest absolute Gasteiger partial charge is 0.487 e. The molecule has 7 heteroatoms. The van der Waals surface area contributed by atoms with Gasteiger partial charge in [-0.2, -0.15) is 0 Å². The first-order valence-corrected chi connectivity index (χ1v) is 11.4. The van der Waals surface area contributed by atoms with Crippen LogP contribution in [0.5, 0.6) is 5.75 Å². The molecule has 2 unspecified atom stereocenters. The highest BCUT2D eigenvalue weighted by Crippen LogP contribution is 2.38. The number of benzene rings is 1. The summed E-state index contributed by atoms with van der Waals surface area (Å²) >= 11 is 3.23. The first-order valence-electron chi connectivity index (χ1n) is 9.74. The highest BCUT2D eigenvalue weighted by molar-refractivity contribution is 8.02. The average Bonchev–Trinajstić information content (AvgIpc) is 3.07. The van der Waals surface area contributed by atoms with Gasteiger partial charge >= 0.3 is 5.97 Å². The molecule has 0 saturated heterocycles. The number of ether oxygens (including phenoxy) is 1. The zero-order chi connectivity index (χ0) is 21.1. The van der Waals surface area contributed by atoms with E-state index in [4.69, 9.17) is 4.74 Å². The average molecular weight is 433 g/mol. The number of carboxylic acid groups (broad SMARTS) is 1. The van der Waals surface area contributed by atoms with Crippen LogP contribution in [0.25, 0.3) is 0 Å². The number of carboxylic acids is 1. The summed E-state index contributed by atoms with van der Waals surface area (Å²) in [6, 6.07) is 4.24. The van der Waals surface area contributed by atoms with Crippen LogP contribution < -0.4 is 9.04 Å². The maximum atomic E-state index is 11.3. The second kappa shape index (κ2) is 9.22. The molecule has 3 rings (SSSR count). The lowest BCUT2D eigenvalue weighted by molar-refractivity contribution is -0.142.